The zero-order valence-electron chi connectivity index (χ0n) is 57.9. The van der Waals surface area contributed by atoms with Crippen LogP contribution >= 0.6 is 0 Å². The average molecular weight is 1260 g/mol. The Morgan fingerprint density at radius 2 is 0.438 bits per heavy atom. The first kappa shape index (κ1) is 59.7. The summed E-state index contributed by atoms with van der Waals surface area (Å²) < 4.78 is 44.2. The van der Waals surface area contributed by atoms with Gasteiger partial charge in [0.25, 0.3) is 0 Å². The molecule has 0 heterocycles. The van der Waals surface area contributed by atoms with E-state index in [0.717, 1.165) is 174 Å². The lowest BCUT2D eigenvalue weighted by Gasteiger charge is -2.26. The second-order valence-electron chi connectivity index (χ2n) is 24.1. The molecule has 13 aromatic rings. The van der Waals surface area contributed by atoms with E-state index in [0.29, 0.717) is 37.9 Å². The van der Waals surface area contributed by atoms with Crippen molar-refractivity contribution in [1.82, 2.24) is 0 Å². The molecular weight excluding hydrogens is 1170 g/mol. The molecule has 0 saturated carbocycles. The van der Waals surface area contributed by atoms with E-state index in [9.17, 15) is 0 Å². The average Bonchev–Trinajstić information content (AvgIpc) is 0.799. The lowest BCUT2D eigenvalue weighted by Crippen LogP contribution is -2.10. The fourth-order valence-electron chi connectivity index (χ4n) is 12.2. The third-order valence-corrected chi connectivity index (χ3v) is 17.3. The molecule has 0 spiro atoms. The number of rotatable bonds is 27. The van der Waals surface area contributed by atoms with Crippen molar-refractivity contribution in [1.29, 1.82) is 0 Å². The van der Waals surface area contributed by atoms with Crippen LogP contribution in [-0.2, 0) is 0 Å². The molecule has 0 unspecified atom stereocenters. The molecule has 0 saturated heterocycles. The Hall–Kier alpha value is -11.3. The maximum atomic E-state index is 8.65. The fraction of sp³-hybridized carbons (Fsp3) is 0.133. The van der Waals surface area contributed by atoms with E-state index in [2.05, 4.69) is 254 Å². The second-order valence-corrected chi connectivity index (χ2v) is 24.1. The summed E-state index contributed by atoms with van der Waals surface area (Å²) in [6, 6.07) is 109. The summed E-state index contributed by atoms with van der Waals surface area (Å²) in [4.78, 5) is 6.62. The normalized spacial score (nSPS) is 11.5. The van der Waals surface area contributed by atoms with Crippen LogP contribution in [0, 0.1) is 0 Å². The lowest BCUT2D eigenvalue weighted by atomic mass is 9.90. The highest BCUT2D eigenvalue weighted by Gasteiger charge is 2.19. The summed E-state index contributed by atoms with van der Waals surface area (Å²) in [5.74, 6) is 2.50. The molecule has 13 rings (SSSR count). The molecule has 0 radical (unpaired) electrons. The third-order valence-electron chi connectivity index (χ3n) is 17.3. The topological polar surface area (TPSA) is 37.4 Å². The maximum absolute atomic E-state index is 8.65. The van der Waals surface area contributed by atoms with Crippen LogP contribution in [0.5, 0.6) is 17.2 Å². The van der Waals surface area contributed by atoms with Gasteiger partial charge in [0, 0.05) is 51.2 Å². The number of benzene rings is 13. The lowest BCUT2D eigenvalue weighted by molar-refractivity contribution is 0.309. The molecule has 0 amide bonds. The molecule has 0 bridgehead atoms. The molecular formula is C90H81N3O3. The van der Waals surface area contributed by atoms with E-state index in [4.69, 9.17) is 18.3 Å². The minimum atomic E-state index is 0.437. The molecule has 0 N–H and O–H groups in total. The number of anilines is 9. The number of hydrogen-bond donors (Lipinski definition) is 0. The van der Waals surface area contributed by atoms with Gasteiger partial charge in [-0.2, -0.15) is 0 Å². The molecule has 0 aromatic heterocycles. The second kappa shape index (κ2) is 31.1. The smallest absolute Gasteiger partial charge is 0.119 e. The molecule has 474 valence electrons. The predicted octanol–water partition coefficient (Wildman–Crippen LogP) is 25.6. The largest absolute Gasteiger partial charge is 0.494 e. The summed E-state index contributed by atoms with van der Waals surface area (Å²) in [6.45, 7) is 8.52. The van der Waals surface area contributed by atoms with Crippen LogP contribution in [0.25, 0.3) is 66.8 Å². The maximum Gasteiger partial charge on any atom is 0.119 e. The van der Waals surface area contributed by atoms with Crippen LogP contribution in [0.15, 0.2) is 328 Å². The molecule has 96 heavy (non-hydrogen) atoms. The van der Waals surface area contributed by atoms with E-state index < -0.39 is 0 Å². The predicted molar refractivity (Wildman–Crippen MR) is 404 cm³/mol. The fourth-order valence-corrected chi connectivity index (χ4v) is 12.2. The highest BCUT2D eigenvalue weighted by atomic mass is 16.5. The monoisotopic (exact) mass is 1260 g/mol. The first-order valence-corrected chi connectivity index (χ1v) is 33.7. The Morgan fingerprint density at radius 1 is 0.219 bits per heavy atom. The first-order chi connectivity index (χ1) is 48.6. The zero-order valence-corrected chi connectivity index (χ0v) is 54.9. The van der Waals surface area contributed by atoms with Crippen molar-refractivity contribution in [3.8, 4) is 84.0 Å². The molecule has 0 atom stereocenters. The van der Waals surface area contributed by atoms with Crippen LogP contribution in [-0.4, -0.2) is 19.8 Å². The van der Waals surface area contributed by atoms with Gasteiger partial charge >= 0.3 is 0 Å². The van der Waals surface area contributed by atoms with Gasteiger partial charge in [-0.1, -0.05) is 186 Å². The van der Waals surface area contributed by atoms with Crippen LogP contribution in [0.3, 0.4) is 0 Å². The Balaban J connectivity index is 0.891. The summed E-state index contributed by atoms with van der Waals surface area (Å²) in [6.07, 6.45) is 6.18. The van der Waals surface area contributed by atoms with Crippen molar-refractivity contribution in [2.45, 2.75) is 59.3 Å². The van der Waals surface area contributed by atoms with Crippen molar-refractivity contribution in [2.75, 3.05) is 34.5 Å². The van der Waals surface area contributed by atoms with Gasteiger partial charge in [0.15, 0.2) is 0 Å². The molecule has 0 fully saturated rings. The number of para-hydroxylation sites is 3. The van der Waals surface area contributed by atoms with Crippen molar-refractivity contribution in [2.24, 2.45) is 0 Å². The van der Waals surface area contributed by atoms with Crippen LogP contribution in [0.2, 0.25) is 0 Å². The summed E-state index contributed by atoms with van der Waals surface area (Å²) >= 11 is 0. The molecule has 13 aromatic carbocycles. The number of nitrogens with zero attached hydrogens (tertiary/aromatic N) is 3. The van der Waals surface area contributed by atoms with E-state index in [1.807, 2.05) is 91.0 Å². The molecule has 0 aliphatic rings. The van der Waals surface area contributed by atoms with E-state index >= 15 is 0 Å². The van der Waals surface area contributed by atoms with Crippen molar-refractivity contribution in [3.05, 3.63) is 328 Å². The van der Waals surface area contributed by atoms with Crippen LogP contribution in [0.4, 0.5) is 51.2 Å². The van der Waals surface area contributed by atoms with Crippen molar-refractivity contribution < 1.29 is 18.3 Å². The van der Waals surface area contributed by atoms with E-state index in [1.165, 1.54) is 0 Å². The van der Waals surface area contributed by atoms with Crippen LogP contribution in [0.1, 0.15) is 63.4 Å². The van der Waals surface area contributed by atoms with Crippen LogP contribution < -0.4 is 28.9 Å². The van der Waals surface area contributed by atoms with E-state index in [1.54, 1.807) is 0 Å². The SMILES string of the molecule is [3H]c1cccc(N(c2ccc(OCCCC)cc2)c2cccc(-c3cccc(-c4cc(-c5cccc(-c6cccc(N(c7ccc(OCCCC)cc7)c7cccc([3H])c7)c6)c5)cc(-c5cccc(-c6cccc(N(c7ccc(OCCCC)cc7)c7cccc([3H])c7)c6)c5)c4)c3)c2)c1. The quantitative estimate of drug-likeness (QED) is 0.0478. The van der Waals surface area contributed by atoms with Gasteiger partial charge in [-0.25, -0.2) is 0 Å². The van der Waals surface area contributed by atoms with Gasteiger partial charge < -0.3 is 28.9 Å². The number of ether oxygens (including phenoxy) is 3. The van der Waals surface area contributed by atoms with E-state index in [-0.39, 0.29) is 0 Å². The van der Waals surface area contributed by atoms with Crippen molar-refractivity contribution in [3.63, 3.8) is 0 Å². The zero-order chi connectivity index (χ0) is 67.9. The Kier molecular flexibility index (Phi) is 19.3. The van der Waals surface area contributed by atoms with Gasteiger partial charge in [-0.3, -0.25) is 0 Å². The molecule has 6 nitrogen and oxygen atoms in total. The van der Waals surface area contributed by atoms with Gasteiger partial charge in [0.05, 0.1) is 23.9 Å². The van der Waals surface area contributed by atoms with Crippen molar-refractivity contribution >= 4 is 51.2 Å². The van der Waals surface area contributed by atoms with Gasteiger partial charge in [-0.05, 0) is 268 Å². The van der Waals surface area contributed by atoms with Gasteiger partial charge in [-0.15, -0.1) is 0 Å². The third kappa shape index (κ3) is 15.3. The minimum Gasteiger partial charge on any atom is -0.494 e. The van der Waals surface area contributed by atoms with Gasteiger partial charge in [0.2, 0.25) is 0 Å². The molecule has 0 aliphatic carbocycles. The Morgan fingerprint density at radius 3 is 0.698 bits per heavy atom. The summed E-state index contributed by atoms with van der Waals surface area (Å²) in [5.41, 5.74) is 21.3. The Labute approximate surface area is 571 Å². The highest BCUT2D eigenvalue weighted by molar-refractivity contribution is 5.89. The number of unbranched alkanes of at least 4 members (excludes halogenated alkanes) is 3. The summed E-state index contributed by atoms with van der Waals surface area (Å²) in [5, 5.41) is 0. The highest BCUT2D eigenvalue weighted by Crippen LogP contribution is 2.43. The minimum absolute atomic E-state index is 0.437. The summed E-state index contributed by atoms with van der Waals surface area (Å²) in [7, 11) is 0. The number of hydrogen-bond acceptors (Lipinski definition) is 6. The molecule has 6 heteroatoms. The molecule has 0 aliphatic heterocycles. The standard InChI is InChI=1S/C90H81N3O3/c1-4-7-55-94-88-49-43-82(44-50-88)91(79-34-13-10-14-35-79)85-40-22-31-73(64-85)67-25-19-28-70(58-67)76-61-77(71-29-20-26-68(59-71)74-32-23-41-86(65-74)92(80-36-15-11-16-37-80)83-45-51-89(52-46-83)95-56-8-5-2)63-78(62-76)72-30-21-27-69(60-72)75-33-24-42-87(66-75)93(81-38-17-12-18-39-81)84-47-53-90(54-48-84)96-57-9-6-3/h10-54,58-66H,4-9,55-57H2,1-3H3/i13T,15T,17T. The Bertz CT molecular complexity index is 4370. The first-order valence-electron chi connectivity index (χ1n) is 35.2. The van der Waals surface area contributed by atoms with Gasteiger partial charge in [0.1, 0.15) is 17.2 Å².